The molecule has 0 saturated heterocycles. The van der Waals surface area contributed by atoms with Crippen LogP contribution in [0.15, 0.2) is 0 Å². The second-order valence-electron chi connectivity index (χ2n) is 13.9. The van der Waals surface area contributed by atoms with E-state index < -0.39 is 0 Å². The third-order valence-electron chi connectivity index (χ3n) is 10.2. The maximum atomic E-state index is 2.29. The topological polar surface area (TPSA) is 0 Å². The second-order valence-corrected chi connectivity index (χ2v) is 13.9. The van der Waals surface area contributed by atoms with Crippen LogP contribution < -0.4 is 0 Å². The molecule has 0 spiro atoms. The van der Waals surface area contributed by atoms with Crippen LogP contribution in [0.2, 0.25) is 0 Å². The maximum absolute atomic E-state index is 2.29. The Hall–Kier alpha value is 1.74. The molecule has 0 aliphatic heterocycles. The van der Waals surface area contributed by atoms with Crippen LogP contribution in [0.3, 0.4) is 0 Å². The molecule has 0 N–H and O–H groups in total. The van der Waals surface area contributed by atoms with Crippen LogP contribution >= 0.6 is 0 Å². The molecule has 4 rings (SSSR count). The molecule has 4 saturated carbocycles. The van der Waals surface area contributed by atoms with Gasteiger partial charge in [-0.3, -0.25) is 0 Å². The average molecular weight is 1010 g/mol. The molecule has 0 amide bonds. The normalized spacial score (nSPS) is 16.2. The van der Waals surface area contributed by atoms with Crippen molar-refractivity contribution in [1.82, 2.24) is 0 Å². The minimum absolute atomic E-state index is 0. The molecule has 0 aromatic heterocycles. The van der Waals surface area contributed by atoms with Gasteiger partial charge in [-0.15, -0.1) is 0 Å². The first-order valence-electron chi connectivity index (χ1n) is 18.7. The van der Waals surface area contributed by atoms with E-state index >= 15 is 0 Å². The molecule has 0 atom stereocenters. The Morgan fingerprint density at radius 1 is 0.271 bits per heavy atom. The van der Waals surface area contributed by atoms with Crippen LogP contribution in [0.25, 0.3) is 0 Å². The summed E-state index contributed by atoms with van der Waals surface area (Å²) in [5.41, 5.74) is 0. The summed E-state index contributed by atoms with van der Waals surface area (Å²) in [6.45, 7) is 9.15. The monoisotopic (exact) mass is 1010 g/mol. The number of hydrogen-bond donors (Lipinski definition) is 0. The zero-order valence-corrected chi connectivity index (χ0v) is 43.7. The van der Waals surface area contributed by atoms with E-state index in [0.717, 1.165) is 23.7 Å². The van der Waals surface area contributed by atoms with Crippen LogP contribution in [0, 0.1) is 83.1 Å². The Morgan fingerprint density at radius 3 is 0.667 bits per heavy atom. The molecule has 0 unspecified atom stereocenters. The molecule has 0 radical (unpaired) electrons. The molecule has 4 fully saturated rings. The summed E-state index contributed by atoms with van der Waals surface area (Å²) in [7, 11) is 0. The largest absolute Gasteiger partial charge is 4.00 e. The summed E-state index contributed by atoms with van der Waals surface area (Å²) in [6.07, 6.45) is 44.7. The van der Waals surface area contributed by atoms with Gasteiger partial charge in [-0.05, 0) is 23.7 Å². The molecule has 2 heteroatoms. The zero-order valence-electron chi connectivity index (χ0n) is 36.5. The molecule has 4 aliphatic carbocycles. The predicted molar refractivity (Wildman–Crippen MR) is 226 cm³/mol. The Kier molecular flexibility index (Phi) is 90.5. The van der Waals surface area contributed by atoms with Gasteiger partial charge in [0.2, 0.25) is 0 Å². The van der Waals surface area contributed by atoms with Gasteiger partial charge in [0.15, 0.2) is 0 Å². The zero-order chi connectivity index (χ0) is 27.5. The van der Waals surface area contributed by atoms with E-state index in [2.05, 4.69) is 27.7 Å². The Balaban J connectivity index is -0.0000000472. The summed E-state index contributed by atoms with van der Waals surface area (Å²) in [5.74, 6) is 4.46. The predicted octanol–water partition coefficient (Wildman–Crippen LogP) is 17.8. The summed E-state index contributed by atoms with van der Waals surface area (Å²) in [5, 5.41) is 0. The number of unbranched alkanes of at least 4 members (excludes halogenated alkanes) is 6. The van der Waals surface area contributed by atoms with E-state index in [0.29, 0.717) is 0 Å². The third-order valence-corrected chi connectivity index (χ3v) is 10.2. The van der Waals surface area contributed by atoms with Crippen LogP contribution in [-0.2, 0) is 51.7 Å². The summed E-state index contributed by atoms with van der Waals surface area (Å²) >= 11 is 0. The van der Waals surface area contributed by atoms with Gasteiger partial charge in [0.1, 0.15) is 0 Å². The van der Waals surface area contributed by atoms with Crippen molar-refractivity contribution in [3.8, 4) is 0 Å². The van der Waals surface area contributed by atoms with Gasteiger partial charge in [0.05, 0.1) is 0 Å². The van der Waals surface area contributed by atoms with E-state index in [1.807, 2.05) is 0 Å². The molecule has 0 aromatic rings. The van der Waals surface area contributed by atoms with E-state index in [1.54, 1.807) is 0 Å². The fraction of sp³-hybridized carbons (Fsp3) is 0.826. The number of hydrogen-bond acceptors (Lipinski definition) is 0. The fourth-order valence-electron chi connectivity index (χ4n) is 7.73. The van der Waals surface area contributed by atoms with Crippen LogP contribution in [-0.4, -0.2) is 0 Å². The van der Waals surface area contributed by atoms with Gasteiger partial charge in [-0.1, -0.05) is 220 Å². The molecule has 4 aliphatic rings. The van der Waals surface area contributed by atoms with E-state index in [4.69, 9.17) is 0 Å². The van der Waals surface area contributed by atoms with Gasteiger partial charge in [0.25, 0.3) is 0 Å². The molecule has 0 nitrogen and oxygen atoms in total. The van der Waals surface area contributed by atoms with Gasteiger partial charge < -0.3 is 59.4 Å². The molecular formula is C46H100Hf2. The molecular weight excluding hydrogens is 909 g/mol. The van der Waals surface area contributed by atoms with E-state index in [1.165, 1.54) is 193 Å². The molecule has 0 aromatic carbocycles. The Morgan fingerprint density at radius 2 is 0.479 bits per heavy atom. The summed E-state index contributed by atoms with van der Waals surface area (Å²) in [4.78, 5) is 0. The van der Waals surface area contributed by atoms with Gasteiger partial charge in [-0.2, -0.15) is 0 Å². The third kappa shape index (κ3) is 45.8. The van der Waals surface area contributed by atoms with Crippen LogP contribution in [0.1, 0.15) is 220 Å². The van der Waals surface area contributed by atoms with E-state index in [9.17, 15) is 0 Å². The SMILES string of the molecule is CCCC1CCCC1.CCCC1CCCC1.CCCCCCC1CCCC1.CCCCCCC1CCCC1.[CH3-].[CH3-].[CH3-].[CH3-].[CH3-].[CH3-].[CH3-].[CH3-].[Hf+4].[Hf+4]. The first-order valence-corrected chi connectivity index (χ1v) is 18.7. The van der Waals surface area contributed by atoms with Crippen molar-refractivity contribution in [2.45, 2.75) is 220 Å². The van der Waals surface area contributed by atoms with Gasteiger partial charge in [-0.25, -0.2) is 0 Å². The van der Waals surface area contributed by atoms with Crippen LogP contribution in [0.5, 0.6) is 0 Å². The minimum atomic E-state index is 0. The fourth-order valence-corrected chi connectivity index (χ4v) is 7.73. The Bertz CT molecular complexity index is 399. The van der Waals surface area contributed by atoms with Crippen molar-refractivity contribution in [3.63, 3.8) is 0 Å². The molecule has 48 heavy (non-hydrogen) atoms. The maximum Gasteiger partial charge on any atom is 4.00 e. The molecule has 0 heterocycles. The molecule has 0 bridgehead atoms. The van der Waals surface area contributed by atoms with Crippen molar-refractivity contribution in [3.05, 3.63) is 59.4 Å². The van der Waals surface area contributed by atoms with Crippen molar-refractivity contribution in [1.29, 1.82) is 0 Å². The first-order chi connectivity index (χ1) is 18.7. The second kappa shape index (κ2) is 58.1. The van der Waals surface area contributed by atoms with Gasteiger partial charge in [0, 0.05) is 0 Å². The smallest absolute Gasteiger partial charge is 0.358 e. The van der Waals surface area contributed by atoms with Gasteiger partial charge >= 0.3 is 51.7 Å². The van der Waals surface area contributed by atoms with Crippen molar-refractivity contribution >= 4 is 0 Å². The van der Waals surface area contributed by atoms with Crippen molar-refractivity contribution in [2.75, 3.05) is 0 Å². The quantitative estimate of drug-likeness (QED) is 0.0924. The summed E-state index contributed by atoms with van der Waals surface area (Å²) < 4.78 is 0. The number of rotatable bonds is 14. The Labute approximate surface area is 352 Å². The molecule has 292 valence electrons. The van der Waals surface area contributed by atoms with Crippen molar-refractivity contribution < 1.29 is 51.7 Å². The first kappa shape index (κ1) is 74.8. The standard InChI is InChI=1S/2C11H22.2C8H16.8CH3.2Hf/c2*1-2-3-4-5-8-11-9-6-7-10-11;2*1-2-5-8-6-3-4-7-8;;;;;;;;;;/h2*11H,2-10H2,1H3;2*8H,2-7H2,1H3;8*1H3;;/q;;;;8*-1;2*+4. The van der Waals surface area contributed by atoms with Crippen molar-refractivity contribution in [2.24, 2.45) is 23.7 Å². The van der Waals surface area contributed by atoms with Crippen LogP contribution in [0.4, 0.5) is 0 Å². The summed E-state index contributed by atoms with van der Waals surface area (Å²) in [6, 6.07) is 0. The van der Waals surface area contributed by atoms with E-state index in [-0.39, 0.29) is 111 Å². The average Bonchev–Trinajstić information content (AvgIpc) is 3.76. The minimum Gasteiger partial charge on any atom is -0.358 e.